The van der Waals surface area contributed by atoms with Gasteiger partial charge in [-0.15, -0.1) is 0 Å². The van der Waals surface area contributed by atoms with Crippen molar-refractivity contribution in [2.75, 3.05) is 19.7 Å². The predicted octanol–water partition coefficient (Wildman–Crippen LogP) is 4.36. The normalized spacial score (nSPS) is 10.9. The quantitative estimate of drug-likeness (QED) is 0.633. The molecule has 1 aromatic rings. The van der Waals surface area contributed by atoms with E-state index in [0.717, 1.165) is 31.9 Å². The fourth-order valence-corrected chi connectivity index (χ4v) is 1.93. The molecule has 0 spiro atoms. The molecule has 0 radical (unpaired) electrons. The molecule has 2 nitrogen and oxygen atoms in total. The summed E-state index contributed by atoms with van der Waals surface area (Å²) in [4.78, 5) is 0. The molecule has 0 aromatic heterocycles. The van der Waals surface area contributed by atoms with Crippen LogP contribution >= 0.6 is 0 Å². The fraction of sp³-hybridized carbons (Fsp3) is 0.647. The lowest BCUT2D eigenvalue weighted by molar-refractivity contribution is 0.305. The topological polar surface area (TPSA) is 21.3 Å². The van der Waals surface area contributed by atoms with Gasteiger partial charge >= 0.3 is 0 Å². The Labute approximate surface area is 118 Å². The Bertz CT molecular complexity index is 336. The van der Waals surface area contributed by atoms with Gasteiger partial charge in [-0.1, -0.05) is 39.3 Å². The van der Waals surface area contributed by atoms with Gasteiger partial charge < -0.3 is 10.1 Å². The Morgan fingerprint density at radius 2 is 1.89 bits per heavy atom. The molecule has 1 N–H and O–H groups in total. The van der Waals surface area contributed by atoms with E-state index in [1.54, 1.807) is 0 Å². The molecule has 0 saturated carbocycles. The minimum atomic E-state index is 0.561. The van der Waals surface area contributed by atoms with Crippen molar-refractivity contribution in [1.82, 2.24) is 5.32 Å². The number of rotatable bonds is 10. The largest absolute Gasteiger partial charge is 0.494 e. The Morgan fingerprint density at radius 1 is 1.11 bits per heavy atom. The van der Waals surface area contributed by atoms with Gasteiger partial charge in [0.15, 0.2) is 0 Å². The maximum absolute atomic E-state index is 5.80. The summed E-state index contributed by atoms with van der Waals surface area (Å²) in [6.45, 7) is 9.71. The number of hydrogen-bond acceptors (Lipinski definition) is 2. The summed E-state index contributed by atoms with van der Waals surface area (Å²) in [6.07, 6.45) is 4.85. The molecule has 0 aliphatic rings. The first-order chi connectivity index (χ1) is 9.24. The second-order valence-corrected chi connectivity index (χ2v) is 5.39. The average molecular weight is 263 g/mol. The van der Waals surface area contributed by atoms with Crippen molar-refractivity contribution >= 4 is 0 Å². The van der Waals surface area contributed by atoms with E-state index in [9.17, 15) is 0 Å². The number of benzene rings is 1. The molecule has 0 heterocycles. The molecule has 1 aromatic carbocycles. The summed E-state index contributed by atoms with van der Waals surface area (Å²) < 4.78 is 5.80. The van der Waals surface area contributed by atoms with Crippen LogP contribution < -0.4 is 10.1 Å². The summed E-state index contributed by atoms with van der Waals surface area (Å²) in [6, 6.07) is 8.45. The predicted molar refractivity (Wildman–Crippen MR) is 83.0 cm³/mol. The second kappa shape index (κ2) is 9.85. The van der Waals surface area contributed by atoms with Crippen molar-refractivity contribution in [3.8, 4) is 5.75 Å². The van der Waals surface area contributed by atoms with Gasteiger partial charge in [0.25, 0.3) is 0 Å². The highest BCUT2D eigenvalue weighted by molar-refractivity contribution is 5.30. The molecule has 19 heavy (non-hydrogen) atoms. The van der Waals surface area contributed by atoms with Crippen molar-refractivity contribution < 1.29 is 4.74 Å². The molecule has 0 atom stereocenters. The lowest BCUT2D eigenvalue weighted by atomic mass is 10.0. The molecule has 0 aliphatic heterocycles. The molecule has 0 fully saturated rings. The lowest BCUT2D eigenvalue weighted by Gasteiger charge is -2.10. The van der Waals surface area contributed by atoms with Crippen molar-refractivity contribution in [2.45, 2.75) is 52.4 Å². The zero-order valence-corrected chi connectivity index (χ0v) is 12.7. The standard InChI is InChI=1S/C17H29NO/c1-4-5-11-18-12-6-7-13-19-17-10-8-9-16(14-17)15(2)3/h8-10,14-15,18H,4-7,11-13H2,1-3H3. The Hall–Kier alpha value is -1.02. The zero-order valence-electron chi connectivity index (χ0n) is 12.7. The van der Waals surface area contributed by atoms with Gasteiger partial charge in [0.2, 0.25) is 0 Å². The van der Waals surface area contributed by atoms with Gasteiger partial charge in [0.05, 0.1) is 6.61 Å². The van der Waals surface area contributed by atoms with E-state index < -0.39 is 0 Å². The van der Waals surface area contributed by atoms with E-state index in [1.165, 1.54) is 24.8 Å². The van der Waals surface area contributed by atoms with Gasteiger partial charge in [0, 0.05) is 0 Å². The first-order valence-corrected chi connectivity index (χ1v) is 7.67. The summed E-state index contributed by atoms with van der Waals surface area (Å²) >= 11 is 0. The van der Waals surface area contributed by atoms with Crippen LogP contribution in [0.3, 0.4) is 0 Å². The van der Waals surface area contributed by atoms with Gasteiger partial charge in [-0.3, -0.25) is 0 Å². The SMILES string of the molecule is CCCCNCCCCOc1cccc(C(C)C)c1. The fourth-order valence-electron chi connectivity index (χ4n) is 1.93. The maximum atomic E-state index is 5.80. The number of unbranched alkanes of at least 4 members (excludes halogenated alkanes) is 2. The van der Waals surface area contributed by atoms with Crippen molar-refractivity contribution in [2.24, 2.45) is 0 Å². The van der Waals surface area contributed by atoms with Crippen molar-refractivity contribution in [3.05, 3.63) is 29.8 Å². The molecule has 0 bridgehead atoms. The molecule has 0 unspecified atom stereocenters. The van der Waals surface area contributed by atoms with Crippen LogP contribution in [0.4, 0.5) is 0 Å². The van der Waals surface area contributed by atoms with Crippen LogP contribution in [0, 0.1) is 0 Å². The minimum Gasteiger partial charge on any atom is -0.494 e. The van der Waals surface area contributed by atoms with Crippen LogP contribution in [0.15, 0.2) is 24.3 Å². The van der Waals surface area contributed by atoms with Crippen molar-refractivity contribution in [3.63, 3.8) is 0 Å². The van der Waals surface area contributed by atoms with Crippen LogP contribution in [0.2, 0.25) is 0 Å². The van der Waals surface area contributed by atoms with E-state index in [2.05, 4.69) is 44.3 Å². The Balaban J connectivity index is 2.10. The van der Waals surface area contributed by atoms with E-state index in [1.807, 2.05) is 6.07 Å². The Kier molecular flexibility index (Phi) is 8.31. The molecule has 1 rings (SSSR count). The van der Waals surface area contributed by atoms with Crippen LogP contribution in [0.5, 0.6) is 5.75 Å². The third-order valence-corrected chi connectivity index (χ3v) is 3.25. The number of hydrogen-bond donors (Lipinski definition) is 1. The van der Waals surface area contributed by atoms with Crippen LogP contribution in [0.25, 0.3) is 0 Å². The summed E-state index contributed by atoms with van der Waals surface area (Å²) in [5.41, 5.74) is 1.35. The maximum Gasteiger partial charge on any atom is 0.119 e. The number of nitrogens with one attached hydrogen (secondary N) is 1. The highest BCUT2D eigenvalue weighted by atomic mass is 16.5. The van der Waals surface area contributed by atoms with Gasteiger partial charge in [-0.2, -0.15) is 0 Å². The first-order valence-electron chi connectivity index (χ1n) is 7.67. The second-order valence-electron chi connectivity index (χ2n) is 5.39. The average Bonchev–Trinajstić information content (AvgIpc) is 2.42. The molecule has 108 valence electrons. The Morgan fingerprint density at radius 3 is 2.63 bits per heavy atom. The molecule has 0 aliphatic carbocycles. The van der Waals surface area contributed by atoms with E-state index in [0.29, 0.717) is 5.92 Å². The first kappa shape index (κ1) is 16.0. The van der Waals surface area contributed by atoms with E-state index >= 15 is 0 Å². The van der Waals surface area contributed by atoms with Gasteiger partial charge in [0.1, 0.15) is 5.75 Å². The minimum absolute atomic E-state index is 0.561. The van der Waals surface area contributed by atoms with E-state index in [4.69, 9.17) is 4.74 Å². The zero-order chi connectivity index (χ0) is 13.9. The van der Waals surface area contributed by atoms with Gasteiger partial charge in [-0.05, 0) is 56.0 Å². The molecular formula is C17H29NO. The molecule has 2 heteroatoms. The highest BCUT2D eigenvalue weighted by Gasteiger charge is 2.00. The molecule has 0 amide bonds. The third-order valence-electron chi connectivity index (χ3n) is 3.25. The number of ether oxygens (including phenoxy) is 1. The van der Waals surface area contributed by atoms with Crippen LogP contribution in [-0.4, -0.2) is 19.7 Å². The van der Waals surface area contributed by atoms with E-state index in [-0.39, 0.29) is 0 Å². The molecule has 0 saturated heterocycles. The van der Waals surface area contributed by atoms with Gasteiger partial charge in [-0.25, -0.2) is 0 Å². The smallest absolute Gasteiger partial charge is 0.119 e. The van der Waals surface area contributed by atoms with Crippen LogP contribution in [0.1, 0.15) is 57.9 Å². The summed E-state index contributed by atoms with van der Waals surface area (Å²) in [7, 11) is 0. The summed E-state index contributed by atoms with van der Waals surface area (Å²) in [5.74, 6) is 1.57. The lowest BCUT2D eigenvalue weighted by Crippen LogP contribution is -2.17. The monoisotopic (exact) mass is 263 g/mol. The van der Waals surface area contributed by atoms with Crippen molar-refractivity contribution in [1.29, 1.82) is 0 Å². The van der Waals surface area contributed by atoms with Crippen LogP contribution in [-0.2, 0) is 0 Å². The third kappa shape index (κ3) is 7.22. The highest BCUT2D eigenvalue weighted by Crippen LogP contribution is 2.20. The molecular weight excluding hydrogens is 234 g/mol. The summed E-state index contributed by atoms with van der Waals surface area (Å²) in [5, 5.41) is 3.45.